The smallest absolute Gasteiger partial charge is 0.152 e. The Kier molecular flexibility index (Phi) is 10.00. The third-order valence-corrected chi connectivity index (χ3v) is 13.1. The van der Waals surface area contributed by atoms with E-state index in [1.807, 2.05) is 36.4 Å². The monoisotopic (exact) mass is 853 g/mol. The molecule has 12 aromatic rings. The highest BCUT2D eigenvalue weighted by Gasteiger charge is 2.17. The van der Waals surface area contributed by atoms with E-state index in [0.717, 1.165) is 39.1 Å². The zero-order valence-corrected chi connectivity index (χ0v) is 36.6. The average molecular weight is 854 g/mol. The summed E-state index contributed by atoms with van der Waals surface area (Å²) >= 11 is 0. The standard InChI is InChI=1S/C64H43N3/c65-64(47-18-3-1-4-19-47)66-59(46-35-33-45(34-36-46)54-29-15-31-61-63(54)57-28-11-12-30-60(57)67(61)52-24-5-2-6-25-52)39-32-43-16-13-21-48(40-43)49-22-14-23-51(41-49)62-55-27-10-8-20-50(55)42-58-53-26-9-7-17-44(53)37-38-56(58)62/h1-42,65H/b39-32+,65-64?,66-59?. The van der Waals surface area contributed by atoms with Gasteiger partial charge in [0.1, 0.15) is 0 Å². The van der Waals surface area contributed by atoms with Gasteiger partial charge in [0.2, 0.25) is 0 Å². The Morgan fingerprint density at radius 3 is 1.87 bits per heavy atom. The van der Waals surface area contributed by atoms with Crippen LogP contribution in [0.1, 0.15) is 16.7 Å². The summed E-state index contributed by atoms with van der Waals surface area (Å²) in [6.07, 6.45) is 4.16. The highest BCUT2D eigenvalue weighted by molar-refractivity contribution is 6.21. The van der Waals surface area contributed by atoms with Crippen LogP contribution in [0.5, 0.6) is 0 Å². The van der Waals surface area contributed by atoms with Crippen LogP contribution in [-0.4, -0.2) is 16.1 Å². The highest BCUT2D eigenvalue weighted by Crippen LogP contribution is 2.41. The minimum Gasteiger partial charge on any atom is -0.309 e. The molecule has 3 nitrogen and oxygen atoms in total. The number of nitrogens with one attached hydrogen (secondary N) is 1. The third kappa shape index (κ3) is 7.29. The van der Waals surface area contributed by atoms with Gasteiger partial charge in [-0.25, -0.2) is 4.99 Å². The molecule has 0 amide bonds. The fraction of sp³-hybridized carbons (Fsp3) is 0. The molecule has 0 atom stereocenters. The quantitative estimate of drug-likeness (QED) is 0.0685. The lowest BCUT2D eigenvalue weighted by atomic mass is 9.89. The maximum absolute atomic E-state index is 9.06. The van der Waals surface area contributed by atoms with Crippen LogP contribution in [0.3, 0.4) is 0 Å². The number of rotatable bonds is 8. The van der Waals surface area contributed by atoms with Gasteiger partial charge in [0, 0.05) is 27.6 Å². The molecule has 0 fully saturated rings. The summed E-state index contributed by atoms with van der Waals surface area (Å²) in [6.45, 7) is 0. The van der Waals surface area contributed by atoms with E-state index < -0.39 is 0 Å². The maximum Gasteiger partial charge on any atom is 0.152 e. The first-order valence-electron chi connectivity index (χ1n) is 22.8. The number of hydrogen-bond donors (Lipinski definition) is 1. The van der Waals surface area contributed by atoms with Crippen molar-refractivity contribution in [3.05, 3.63) is 265 Å². The van der Waals surface area contributed by atoms with Crippen LogP contribution >= 0.6 is 0 Å². The van der Waals surface area contributed by atoms with Crippen molar-refractivity contribution in [3.63, 3.8) is 0 Å². The van der Waals surface area contributed by atoms with Crippen molar-refractivity contribution in [3.8, 4) is 39.1 Å². The molecule has 314 valence electrons. The van der Waals surface area contributed by atoms with Crippen LogP contribution in [0.15, 0.2) is 254 Å². The SMILES string of the molecule is N=C(N=C(/C=C/c1cccc(-c2cccc(-c3c4ccccc4cc4c3ccc3ccccc34)c2)c1)c1ccc(-c2cccc3c2c2ccccc2n3-c2ccccc2)cc1)c1ccccc1. The van der Waals surface area contributed by atoms with Crippen LogP contribution in [-0.2, 0) is 0 Å². The van der Waals surface area contributed by atoms with E-state index >= 15 is 0 Å². The summed E-state index contributed by atoms with van der Waals surface area (Å²) in [6, 6.07) is 86.1. The minimum atomic E-state index is 0.210. The van der Waals surface area contributed by atoms with Gasteiger partial charge in [0.25, 0.3) is 0 Å². The van der Waals surface area contributed by atoms with Crippen molar-refractivity contribution in [2.45, 2.75) is 0 Å². The first kappa shape index (κ1) is 39.7. The van der Waals surface area contributed by atoms with Crippen molar-refractivity contribution in [1.29, 1.82) is 5.41 Å². The van der Waals surface area contributed by atoms with Crippen molar-refractivity contribution >= 4 is 71.7 Å². The van der Waals surface area contributed by atoms with E-state index in [-0.39, 0.29) is 5.84 Å². The summed E-state index contributed by atoms with van der Waals surface area (Å²) in [5.74, 6) is 0.210. The molecule has 0 radical (unpaired) electrons. The van der Waals surface area contributed by atoms with Gasteiger partial charge in [-0.15, -0.1) is 0 Å². The predicted octanol–water partition coefficient (Wildman–Crippen LogP) is 16.8. The topological polar surface area (TPSA) is 41.1 Å². The van der Waals surface area contributed by atoms with Crippen molar-refractivity contribution < 1.29 is 0 Å². The van der Waals surface area contributed by atoms with Crippen LogP contribution < -0.4 is 0 Å². The third-order valence-electron chi connectivity index (χ3n) is 13.1. The molecule has 0 aliphatic carbocycles. The largest absolute Gasteiger partial charge is 0.309 e. The first-order valence-corrected chi connectivity index (χ1v) is 22.8. The lowest BCUT2D eigenvalue weighted by molar-refractivity contribution is 1.18. The molecule has 12 rings (SSSR count). The van der Waals surface area contributed by atoms with E-state index in [0.29, 0.717) is 5.71 Å². The molecule has 67 heavy (non-hydrogen) atoms. The molecular formula is C64H43N3. The number of hydrogen-bond acceptors (Lipinski definition) is 1. The summed E-state index contributed by atoms with van der Waals surface area (Å²) < 4.78 is 2.35. The number of benzene rings is 11. The molecule has 0 unspecified atom stereocenters. The van der Waals surface area contributed by atoms with Gasteiger partial charge in [-0.2, -0.15) is 0 Å². The fourth-order valence-electron chi connectivity index (χ4n) is 9.90. The summed E-state index contributed by atoms with van der Waals surface area (Å²) in [4.78, 5) is 4.97. The van der Waals surface area contributed by atoms with Gasteiger partial charge in [0.15, 0.2) is 5.84 Å². The Balaban J connectivity index is 0.910. The van der Waals surface area contributed by atoms with Crippen LogP contribution in [0.25, 0.3) is 99.3 Å². The summed E-state index contributed by atoms with van der Waals surface area (Å²) in [7, 11) is 0. The second-order valence-electron chi connectivity index (χ2n) is 17.1. The number of aromatic nitrogens is 1. The van der Waals surface area contributed by atoms with E-state index in [1.54, 1.807) is 0 Å². The molecule has 1 N–H and O–H groups in total. The molecule has 1 heterocycles. The zero-order chi connectivity index (χ0) is 44.7. The predicted molar refractivity (Wildman–Crippen MR) is 285 cm³/mol. The molecule has 0 saturated carbocycles. The Bertz CT molecular complexity index is 3910. The molecule has 0 saturated heterocycles. The van der Waals surface area contributed by atoms with Crippen molar-refractivity contribution in [1.82, 2.24) is 4.57 Å². The number of para-hydroxylation sites is 2. The Labute approximate surface area is 389 Å². The van der Waals surface area contributed by atoms with Gasteiger partial charge in [-0.3, -0.25) is 5.41 Å². The lowest BCUT2D eigenvalue weighted by Gasteiger charge is -2.15. The van der Waals surface area contributed by atoms with Crippen molar-refractivity contribution in [2.75, 3.05) is 0 Å². The number of fused-ring (bicyclic) bond motifs is 7. The molecule has 11 aromatic carbocycles. The Morgan fingerprint density at radius 1 is 0.403 bits per heavy atom. The van der Waals surface area contributed by atoms with E-state index in [9.17, 15) is 0 Å². The van der Waals surface area contributed by atoms with Crippen LogP contribution in [0.2, 0.25) is 0 Å². The normalized spacial score (nSPS) is 12.0. The molecule has 0 bridgehead atoms. The van der Waals surface area contributed by atoms with Crippen LogP contribution in [0.4, 0.5) is 0 Å². The summed E-state index contributed by atoms with van der Waals surface area (Å²) in [5.41, 5.74) is 13.9. The minimum absolute atomic E-state index is 0.210. The lowest BCUT2D eigenvalue weighted by Crippen LogP contribution is -2.03. The molecule has 0 aliphatic heterocycles. The molecule has 1 aromatic heterocycles. The fourth-order valence-corrected chi connectivity index (χ4v) is 9.90. The second-order valence-corrected chi connectivity index (χ2v) is 17.1. The van der Waals surface area contributed by atoms with Gasteiger partial charge >= 0.3 is 0 Å². The maximum atomic E-state index is 9.06. The Hall–Kier alpha value is -8.92. The van der Waals surface area contributed by atoms with Crippen LogP contribution in [0, 0.1) is 5.41 Å². The second kappa shape index (κ2) is 16.9. The van der Waals surface area contributed by atoms with Gasteiger partial charge < -0.3 is 4.57 Å². The molecular weight excluding hydrogens is 811 g/mol. The van der Waals surface area contributed by atoms with E-state index in [4.69, 9.17) is 10.4 Å². The number of allylic oxidation sites excluding steroid dienone is 1. The van der Waals surface area contributed by atoms with Gasteiger partial charge in [-0.05, 0) is 120 Å². The molecule has 0 spiro atoms. The average Bonchev–Trinajstić information content (AvgIpc) is 3.74. The van der Waals surface area contributed by atoms with E-state index in [1.165, 1.54) is 70.8 Å². The Morgan fingerprint density at radius 2 is 1.04 bits per heavy atom. The molecule has 3 heteroatoms. The van der Waals surface area contributed by atoms with E-state index in [2.05, 4.69) is 223 Å². The molecule has 0 aliphatic rings. The number of amidine groups is 1. The van der Waals surface area contributed by atoms with Gasteiger partial charge in [-0.1, -0.05) is 206 Å². The summed E-state index contributed by atoms with van der Waals surface area (Å²) in [5, 5.41) is 19.0. The van der Waals surface area contributed by atoms with Crippen molar-refractivity contribution in [2.24, 2.45) is 4.99 Å². The highest BCUT2D eigenvalue weighted by atomic mass is 15.0. The van der Waals surface area contributed by atoms with Gasteiger partial charge in [0.05, 0.1) is 16.7 Å². The first-order chi connectivity index (χ1) is 33.1. The number of aliphatic imine (C=N–C) groups is 1. The zero-order valence-electron chi connectivity index (χ0n) is 36.6. The number of nitrogens with zero attached hydrogens (tertiary/aromatic N) is 2.